The van der Waals surface area contributed by atoms with Gasteiger partial charge in [-0.25, -0.2) is 9.78 Å². The van der Waals surface area contributed by atoms with Crippen molar-refractivity contribution >= 4 is 23.1 Å². The first-order chi connectivity index (χ1) is 12.5. The Morgan fingerprint density at radius 3 is 2.65 bits per heavy atom. The van der Waals surface area contributed by atoms with Crippen molar-refractivity contribution in [3.05, 3.63) is 64.4 Å². The van der Waals surface area contributed by atoms with Crippen molar-refractivity contribution in [3.63, 3.8) is 0 Å². The van der Waals surface area contributed by atoms with E-state index in [1.165, 1.54) is 18.4 Å². The predicted molar refractivity (Wildman–Crippen MR) is 98.5 cm³/mol. The van der Waals surface area contributed by atoms with Crippen LogP contribution in [-0.4, -0.2) is 35.0 Å². The molecule has 0 radical (unpaired) electrons. The molecule has 0 amide bonds. The van der Waals surface area contributed by atoms with Gasteiger partial charge in [0.2, 0.25) is 5.78 Å². The van der Waals surface area contributed by atoms with Crippen LogP contribution in [0.5, 0.6) is 5.75 Å². The first-order valence-electron chi connectivity index (χ1n) is 7.95. The van der Waals surface area contributed by atoms with E-state index < -0.39 is 5.97 Å². The molecule has 26 heavy (non-hydrogen) atoms. The number of para-hydroxylation sites is 1. The summed E-state index contributed by atoms with van der Waals surface area (Å²) in [7, 11) is 1.48. The summed E-state index contributed by atoms with van der Waals surface area (Å²) in [6.45, 7) is 3.43. The molecule has 3 aromatic rings. The van der Waals surface area contributed by atoms with Gasteiger partial charge in [-0.1, -0.05) is 12.1 Å². The van der Waals surface area contributed by atoms with Crippen molar-refractivity contribution < 1.29 is 19.1 Å². The minimum Gasteiger partial charge on any atom is -0.496 e. The van der Waals surface area contributed by atoms with E-state index in [1.807, 2.05) is 23.8 Å². The van der Waals surface area contributed by atoms with Crippen LogP contribution < -0.4 is 4.74 Å². The highest BCUT2D eigenvalue weighted by Gasteiger charge is 2.20. The van der Waals surface area contributed by atoms with Crippen LogP contribution in [-0.2, 0) is 4.74 Å². The molecule has 0 aliphatic carbocycles. The van der Waals surface area contributed by atoms with Gasteiger partial charge in [0, 0.05) is 28.5 Å². The lowest BCUT2D eigenvalue weighted by Gasteiger charge is -2.08. The Morgan fingerprint density at radius 2 is 1.96 bits per heavy atom. The number of hydrogen-bond donors (Lipinski definition) is 0. The fourth-order valence-corrected chi connectivity index (χ4v) is 3.52. The number of benzene rings is 1. The molecule has 0 spiro atoms. The van der Waals surface area contributed by atoms with Crippen LogP contribution in [0.2, 0.25) is 0 Å². The summed E-state index contributed by atoms with van der Waals surface area (Å²) < 4.78 is 12.3. The third kappa shape index (κ3) is 3.39. The molecule has 0 atom stereocenters. The maximum atomic E-state index is 12.6. The third-order valence-electron chi connectivity index (χ3n) is 4.00. The van der Waals surface area contributed by atoms with Crippen LogP contribution in [0, 0.1) is 13.8 Å². The van der Waals surface area contributed by atoms with Gasteiger partial charge in [0.25, 0.3) is 0 Å². The number of nitrogens with zero attached hydrogens (tertiary/aromatic N) is 2. The first kappa shape index (κ1) is 17.9. The molecular weight excluding hydrogens is 352 g/mol. The molecule has 0 fully saturated rings. The molecule has 2 heterocycles. The fraction of sp³-hybridized carbons (Fsp3) is 0.211. The van der Waals surface area contributed by atoms with Crippen molar-refractivity contribution in [1.82, 2.24) is 9.55 Å². The number of esters is 1. The number of Topliss-reactive ketones (excluding diaryl/α,β-unsaturated/α-hetero) is 1. The standard InChI is InChI=1S/C19H18N2O4S/c1-12-10-15(13(2)21(12)19-20-8-9-26-19)16(22)11-25-18(23)14-6-4-5-7-17(14)24-3/h4-10H,11H2,1-3H3. The van der Waals surface area contributed by atoms with E-state index in [0.717, 1.165) is 16.5 Å². The van der Waals surface area contributed by atoms with Crippen LogP contribution in [0.1, 0.15) is 32.1 Å². The molecular formula is C19H18N2O4S. The smallest absolute Gasteiger partial charge is 0.342 e. The second-order valence-electron chi connectivity index (χ2n) is 5.63. The Kier molecular flexibility index (Phi) is 5.18. The number of aryl methyl sites for hydroxylation is 1. The van der Waals surface area contributed by atoms with E-state index in [-0.39, 0.29) is 18.0 Å². The van der Waals surface area contributed by atoms with Crippen molar-refractivity contribution in [3.8, 4) is 10.9 Å². The molecule has 7 heteroatoms. The molecule has 6 nitrogen and oxygen atoms in total. The number of carbonyl (C=O) groups excluding carboxylic acids is 2. The maximum Gasteiger partial charge on any atom is 0.342 e. The zero-order valence-corrected chi connectivity index (χ0v) is 15.5. The van der Waals surface area contributed by atoms with Gasteiger partial charge in [-0.05, 0) is 32.0 Å². The summed E-state index contributed by atoms with van der Waals surface area (Å²) in [4.78, 5) is 29.1. The molecule has 0 aliphatic heterocycles. The maximum absolute atomic E-state index is 12.6. The largest absolute Gasteiger partial charge is 0.496 e. The summed E-state index contributed by atoms with van der Waals surface area (Å²) >= 11 is 1.49. The second-order valence-corrected chi connectivity index (χ2v) is 6.51. The Morgan fingerprint density at radius 1 is 1.19 bits per heavy atom. The van der Waals surface area contributed by atoms with Gasteiger partial charge in [0.1, 0.15) is 11.3 Å². The van der Waals surface area contributed by atoms with Gasteiger partial charge >= 0.3 is 5.97 Å². The Bertz CT molecular complexity index is 945. The van der Waals surface area contributed by atoms with Crippen LogP contribution in [0.15, 0.2) is 41.9 Å². The van der Waals surface area contributed by atoms with E-state index in [1.54, 1.807) is 36.5 Å². The first-order valence-corrected chi connectivity index (χ1v) is 8.83. The number of thiazole rings is 1. The number of hydrogen-bond acceptors (Lipinski definition) is 6. The second kappa shape index (κ2) is 7.53. The Hall–Kier alpha value is -2.93. The van der Waals surface area contributed by atoms with Gasteiger partial charge in [0.15, 0.2) is 11.7 Å². The van der Waals surface area contributed by atoms with Crippen LogP contribution >= 0.6 is 11.3 Å². The molecule has 0 saturated carbocycles. The highest BCUT2D eigenvalue weighted by Crippen LogP contribution is 2.23. The highest BCUT2D eigenvalue weighted by atomic mass is 32.1. The average Bonchev–Trinajstić information content (AvgIpc) is 3.27. The molecule has 1 aromatic carbocycles. The Labute approximate surface area is 155 Å². The lowest BCUT2D eigenvalue weighted by molar-refractivity contribution is 0.0471. The number of ketones is 1. The van der Waals surface area contributed by atoms with Crippen molar-refractivity contribution in [1.29, 1.82) is 0 Å². The van der Waals surface area contributed by atoms with E-state index in [0.29, 0.717) is 11.3 Å². The van der Waals surface area contributed by atoms with Crippen LogP contribution in [0.4, 0.5) is 0 Å². The number of carbonyl (C=O) groups is 2. The number of rotatable bonds is 6. The molecule has 0 saturated heterocycles. The van der Waals surface area contributed by atoms with E-state index >= 15 is 0 Å². The van der Waals surface area contributed by atoms with Gasteiger partial charge in [-0.15, -0.1) is 11.3 Å². The fourth-order valence-electron chi connectivity index (χ4n) is 2.77. The number of aromatic nitrogens is 2. The normalized spacial score (nSPS) is 10.6. The minimum absolute atomic E-state index is 0.260. The summed E-state index contributed by atoms with van der Waals surface area (Å²) in [5, 5.41) is 2.68. The Balaban J connectivity index is 1.75. The zero-order valence-electron chi connectivity index (χ0n) is 14.7. The van der Waals surface area contributed by atoms with Crippen molar-refractivity contribution in [2.45, 2.75) is 13.8 Å². The summed E-state index contributed by atoms with van der Waals surface area (Å²) in [5.74, 6) is -0.444. The van der Waals surface area contributed by atoms with Crippen molar-refractivity contribution in [2.75, 3.05) is 13.7 Å². The van der Waals surface area contributed by atoms with Gasteiger partial charge in [0.05, 0.1) is 7.11 Å². The highest BCUT2D eigenvalue weighted by molar-refractivity contribution is 7.12. The summed E-state index contributed by atoms with van der Waals surface area (Å²) in [6.07, 6.45) is 1.72. The molecule has 134 valence electrons. The van der Waals surface area contributed by atoms with E-state index in [2.05, 4.69) is 4.98 Å². The molecule has 0 bridgehead atoms. The molecule has 3 rings (SSSR count). The summed E-state index contributed by atoms with van der Waals surface area (Å²) in [5.41, 5.74) is 2.48. The van der Waals surface area contributed by atoms with Gasteiger partial charge in [-0.3, -0.25) is 9.36 Å². The van der Waals surface area contributed by atoms with Gasteiger partial charge < -0.3 is 9.47 Å². The third-order valence-corrected chi connectivity index (χ3v) is 4.76. The van der Waals surface area contributed by atoms with E-state index in [9.17, 15) is 9.59 Å². The molecule has 0 unspecified atom stereocenters. The van der Waals surface area contributed by atoms with Gasteiger partial charge in [-0.2, -0.15) is 0 Å². The SMILES string of the molecule is COc1ccccc1C(=O)OCC(=O)c1cc(C)n(-c2nccs2)c1C. The van der Waals surface area contributed by atoms with Crippen LogP contribution in [0.25, 0.3) is 5.13 Å². The quantitative estimate of drug-likeness (QED) is 0.490. The number of methoxy groups -OCH3 is 1. The molecule has 0 N–H and O–H groups in total. The molecule has 0 aliphatic rings. The minimum atomic E-state index is -0.593. The monoisotopic (exact) mass is 370 g/mol. The van der Waals surface area contributed by atoms with Crippen molar-refractivity contribution in [2.24, 2.45) is 0 Å². The predicted octanol–water partition coefficient (Wildman–Crippen LogP) is 3.60. The van der Waals surface area contributed by atoms with E-state index in [4.69, 9.17) is 9.47 Å². The average molecular weight is 370 g/mol. The topological polar surface area (TPSA) is 70.4 Å². The lowest BCUT2D eigenvalue weighted by atomic mass is 10.1. The summed E-state index contributed by atoms with van der Waals surface area (Å²) in [6, 6.07) is 8.52. The van der Waals surface area contributed by atoms with Crippen LogP contribution in [0.3, 0.4) is 0 Å². The lowest BCUT2D eigenvalue weighted by Crippen LogP contribution is -2.15. The zero-order chi connectivity index (χ0) is 18.7. The number of ether oxygens (including phenoxy) is 2. The molecule has 2 aromatic heterocycles.